The molecule has 35 heavy (non-hydrogen) atoms. The molecule has 0 spiro atoms. The number of benzene rings is 2. The predicted molar refractivity (Wildman–Crippen MR) is 128 cm³/mol. The first kappa shape index (κ1) is 24.0. The van der Waals surface area contributed by atoms with Gasteiger partial charge in [-0.15, -0.1) is 0 Å². The van der Waals surface area contributed by atoms with Crippen LogP contribution >= 0.6 is 11.6 Å². The van der Waals surface area contributed by atoms with Gasteiger partial charge >= 0.3 is 0 Å². The number of methoxy groups -OCH3 is 2. The fraction of sp³-hybridized carbons (Fsp3) is 0.440. The average Bonchev–Trinajstić information content (AvgIpc) is 3.30. The largest absolute Gasteiger partial charge is 0.497 e. The lowest BCUT2D eigenvalue weighted by molar-refractivity contribution is -0.223. The molecule has 0 saturated carbocycles. The van der Waals surface area contributed by atoms with E-state index in [2.05, 4.69) is 0 Å². The van der Waals surface area contributed by atoms with Crippen molar-refractivity contribution >= 4 is 34.8 Å². The highest BCUT2D eigenvalue weighted by molar-refractivity contribution is 6.31. The normalized spacial score (nSPS) is 31.5. The molecule has 2 amide bonds. The number of likely N-dealkylation sites (N-methyl/N-ethyl adjacent to an activating group) is 1. The molecular weight excluding hydrogens is 476 g/mol. The van der Waals surface area contributed by atoms with Gasteiger partial charge in [0.1, 0.15) is 17.9 Å². The lowest BCUT2D eigenvalue weighted by atomic mass is 9.64. The number of halogens is 1. The van der Waals surface area contributed by atoms with Gasteiger partial charge in [-0.2, -0.15) is 0 Å². The lowest BCUT2D eigenvalue weighted by Gasteiger charge is -2.59. The molecule has 9 nitrogen and oxygen atoms in total. The average molecular weight is 503 g/mol. The van der Waals surface area contributed by atoms with Crippen molar-refractivity contribution in [2.45, 2.75) is 43.0 Å². The summed E-state index contributed by atoms with van der Waals surface area (Å²) in [6.45, 7) is 3.60. The number of amides is 2. The molecule has 4 atom stereocenters. The van der Waals surface area contributed by atoms with E-state index in [0.29, 0.717) is 27.7 Å². The van der Waals surface area contributed by atoms with Crippen LogP contribution in [0.4, 0.5) is 11.4 Å². The number of hydrogen-bond acceptors (Lipinski definition) is 7. The number of anilines is 2. The van der Waals surface area contributed by atoms with Crippen LogP contribution in [0.15, 0.2) is 42.5 Å². The Morgan fingerprint density at radius 1 is 1.09 bits per heavy atom. The lowest BCUT2D eigenvalue weighted by Crippen LogP contribution is -2.86. The second-order valence-electron chi connectivity index (χ2n) is 9.36. The van der Waals surface area contributed by atoms with Gasteiger partial charge in [-0.25, -0.2) is 0 Å². The zero-order valence-electron chi connectivity index (χ0n) is 20.1. The van der Waals surface area contributed by atoms with Crippen LogP contribution in [0.5, 0.6) is 5.75 Å². The Balaban J connectivity index is 1.68. The highest BCUT2D eigenvalue weighted by Crippen LogP contribution is 2.57. The van der Waals surface area contributed by atoms with E-state index >= 15 is 0 Å². The summed E-state index contributed by atoms with van der Waals surface area (Å²) in [5.74, 6) is -1.60. The minimum absolute atomic E-state index is 0.103. The summed E-state index contributed by atoms with van der Waals surface area (Å²) in [5, 5.41) is 12.7. The SMILES string of the molecule is COc1ccc(N2C(=O)[C@@](O)([C@]3(OC)C(=O)N(C)c4ccc(Cl)cc43)[C@@H]2[C@H]2COC(C)(C)O2)cc1. The first-order valence-corrected chi connectivity index (χ1v) is 11.5. The van der Waals surface area contributed by atoms with Gasteiger partial charge in [0.05, 0.1) is 19.4 Å². The molecule has 0 bridgehead atoms. The molecule has 1 N–H and O–H groups in total. The van der Waals surface area contributed by atoms with Crippen molar-refractivity contribution in [1.29, 1.82) is 0 Å². The van der Waals surface area contributed by atoms with Gasteiger partial charge in [0.25, 0.3) is 11.8 Å². The van der Waals surface area contributed by atoms with E-state index in [1.54, 1.807) is 70.5 Å². The molecular formula is C25H27ClN2O7. The fourth-order valence-corrected chi connectivity index (χ4v) is 5.68. The topological polar surface area (TPSA) is 97.8 Å². The molecule has 2 aromatic carbocycles. The highest BCUT2D eigenvalue weighted by atomic mass is 35.5. The molecule has 3 heterocycles. The molecule has 5 rings (SSSR count). The Bertz CT molecular complexity index is 1200. The van der Waals surface area contributed by atoms with Crippen molar-refractivity contribution in [2.24, 2.45) is 0 Å². The van der Waals surface area contributed by atoms with Crippen LogP contribution in [0.1, 0.15) is 19.4 Å². The molecule has 10 heteroatoms. The number of nitrogens with zero attached hydrogens (tertiary/aromatic N) is 2. The summed E-state index contributed by atoms with van der Waals surface area (Å²) in [5.41, 5.74) is -3.03. The van der Waals surface area contributed by atoms with Crippen LogP contribution in [0, 0.1) is 0 Å². The molecule has 0 aromatic heterocycles. The highest BCUT2D eigenvalue weighted by Gasteiger charge is 2.79. The summed E-state index contributed by atoms with van der Waals surface area (Å²) < 4.78 is 23.0. The van der Waals surface area contributed by atoms with E-state index in [9.17, 15) is 14.7 Å². The van der Waals surface area contributed by atoms with Gasteiger partial charge in [-0.05, 0) is 56.3 Å². The number of hydrogen-bond donors (Lipinski definition) is 1. The number of carbonyl (C=O) groups excluding carboxylic acids is 2. The Kier molecular flexibility index (Phi) is 5.43. The Morgan fingerprint density at radius 3 is 2.34 bits per heavy atom. The van der Waals surface area contributed by atoms with Crippen molar-refractivity contribution < 1.29 is 33.6 Å². The van der Waals surface area contributed by atoms with Crippen LogP contribution in [-0.2, 0) is 29.4 Å². The van der Waals surface area contributed by atoms with E-state index in [0.717, 1.165) is 0 Å². The Morgan fingerprint density at radius 2 is 1.77 bits per heavy atom. The monoisotopic (exact) mass is 502 g/mol. The van der Waals surface area contributed by atoms with Crippen LogP contribution in [-0.4, -0.2) is 68.3 Å². The summed E-state index contributed by atoms with van der Waals surface area (Å²) >= 11 is 6.29. The van der Waals surface area contributed by atoms with Crippen molar-refractivity contribution in [3.63, 3.8) is 0 Å². The van der Waals surface area contributed by atoms with E-state index in [1.807, 2.05) is 0 Å². The fourth-order valence-electron chi connectivity index (χ4n) is 5.51. The summed E-state index contributed by atoms with van der Waals surface area (Å²) in [6, 6.07) is 10.7. The van der Waals surface area contributed by atoms with E-state index in [1.165, 1.54) is 16.9 Å². The number of β-lactam (4-membered cyclic amide) rings is 1. The zero-order valence-corrected chi connectivity index (χ0v) is 20.8. The number of aliphatic hydroxyl groups is 1. The molecule has 2 saturated heterocycles. The molecule has 186 valence electrons. The smallest absolute Gasteiger partial charge is 0.267 e. The molecule has 0 radical (unpaired) electrons. The van der Waals surface area contributed by atoms with Gasteiger partial charge in [-0.3, -0.25) is 9.59 Å². The summed E-state index contributed by atoms with van der Waals surface area (Å²) in [4.78, 5) is 30.5. The molecule has 3 aliphatic heterocycles. The minimum Gasteiger partial charge on any atom is -0.497 e. The third kappa shape index (κ3) is 3.09. The number of carbonyl (C=O) groups is 2. The maximum absolute atomic E-state index is 13.9. The van der Waals surface area contributed by atoms with Gasteiger partial charge in [0.15, 0.2) is 5.79 Å². The zero-order chi connectivity index (χ0) is 25.3. The number of fused-ring (bicyclic) bond motifs is 1. The Hall–Kier alpha value is -2.69. The van der Waals surface area contributed by atoms with Crippen LogP contribution in [0.3, 0.4) is 0 Å². The first-order valence-electron chi connectivity index (χ1n) is 11.2. The van der Waals surface area contributed by atoms with Gasteiger partial charge in [0.2, 0.25) is 11.2 Å². The number of ether oxygens (including phenoxy) is 4. The maximum atomic E-state index is 13.9. The molecule has 0 unspecified atom stereocenters. The van der Waals surface area contributed by atoms with E-state index < -0.39 is 40.9 Å². The van der Waals surface area contributed by atoms with Crippen molar-refractivity contribution in [3.05, 3.63) is 53.1 Å². The van der Waals surface area contributed by atoms with E-state index in [4.69, 9.17) is 30.5 Å². The standard InChI is InChI=1S/C25H27ClN2O7/c1-23(2)34-13-19(35-23)20-24(31,21(29)28(20)15-7-9-16(32-4)10-8-15)25(33-5)17-12-14(26)6-11-18(17)27(3)22(25)30/h6-12,19-20,31H,13H2,1-5H3/t19-,20+,24-,25-/m1/s1. The molecule has 2 aromatic rings. The third-order valence-corrected chi connectivity index (χ3v) is 7.37. The van der Waals surface area contributed by atoms with Crippen LogP contribution in [0.2, 0.25) is 5.02 Å². The number of rotatable bonds is 5. The summed E-state index contributed by atoms with van der Waals surface area (Å²) in [7, 11) is 4.41. The minimum atomic E-state index is -2.31. The summed E-state index contributed by atoms with van der Waals surface area (Å²) in [6.07, 6.45) is -0.747. The van der Waals surface area contributed by atoms with E-state index in [-0.39, 0.29) is 6.61 Å². The maximum Gasteiger partial charge on any atom is 0.267 e. The Labute approximate surface area is 208 Å². The van der Waals surface area contributed by atoms with Crippen molar-refractivity contribution in [2.75, 3.05) is 37.7 Å². The van der Waals surface area contributed by atoms with Crippen molar-refractivity contribution in [3.8, 4) is 5.75 Å². The van der Waals surface area contributed by atoms with Crippen molar-refractivity contribution in [1.82, 2.24) is 0 Å². The second-order valence-corrected chi connectivity index (χ2v) is 9.80. The predicted octanol–water partition coefficient (Wildman–Crippen LogP) is 2.46. The third-order valence-electron chi connectivity index (χ3n) is 7.13. The van der Waals surface area contributed by atoms with Crippen LogP contribution in [0.25, 0.3) is 0 Å². The molecule has 0 aliphatic carbocycles. The van der Waals surface area contributed by atoms with Gasteiger partial charge in [0, 0.05) is 30.4 Å². The molecule has 3 aliphatic rings. The van der Waals surface area contributed by atoms with Gasteiger partial charge < -0.3 is 33.9 Å². The van der Waals surface area contributed by atoms with Gasteiger partial charge in [-0.1, -0.05) is 11.6 Å². The second kappa shape index (κ2) is 7.91. The quantitative estimate of drug-likeness (QED) is 0.627. The first-order chi connectivity index (χ1) is 16.5. The van der Waals surface area contributed by atoms with Crippen LogP contribution < -0.4 is 14.5 Å². The molecule has 2 fully saturated rings.